The van der Waals surface area contributed by atoms with E-state index in [9.17, 15) is 9.18 Å². The third-order valence-corrected chi connectivity index (χ3v) is 4.50. The maximum Gasteiger partial charge on any atom is 0.492 e. The Balaban J connectivity index is 2.39. The molecule has 1 amide bonds. The van der Waals surface area contributed by atoms with Crippen LogP contribution in [0.25, 0.3) is 6.08 Å². The smallest absolute Gasteiger partial charge is 0.400 e. The Bertz CT molecular complexity index is 737. The number of nitrogens with one attached hydrogen (secondary N) is 1. The first kappa shape index (κ1) is 19.2. The second-order valence-electron chi connectivity index (χ2n) is 7.10. The number of nitrogens with zero attached hydrogens (tertiary/aromatic N) is 1. The van der Waals surface area contributed by atoms with Crippen LogP contribution in [0.3, 0.4) is 0 Å². The molecule has 1 saturated heterocycles. The van der Waals surface area contributed by atoms with Gasteiger partial charge in [0.25, 0.3) is 0 Å². The van der Waals surface area contributed by atoms with Crippen molar-refractivity contribution >= 4 is 19.1 Å². The number of rotatable bonds is 4. The lowest BCUT2D eigenvalue weighted by molar-refractivity contribution is -0.118. The zero-order valence-corrected chi connectivity index (χ0v) is 15.1. The molecule has 1 aromatic rings. The van der Waals surface area contributed by atoms with E-state index >= 15 is 0 Å². The molecule has 0 bridgehead atoms. The lowest BCUT2D eigenvalue weighted by Gasteiger charge is -2.32. The number of carbonyl (C=O) groups is 1. The Kier molecular flexibility index (Phi) is 5.35. The summed E-state index contributed by atoms with van der Waals surface area (Å²) >= 11 is 0. The largest absolute Gasteiger partial charge is 0.492 e. The van der Waals surface area contributed by atoms with Crippen molar-refractivity contribution in [3.8, 4) is 6.07 Å². The molecule has 1 heterocycles. The van der Waals surface area contributed by atoms with Crippen molar-refractivity contribution in [1.82, 2.24) is 5.32 Å². The topological polar surface area (TPSA) is 71.4 Å². The molecule has 1 aliphatic rings. The average Bonchev–Trinajstić information content (AvgIpc) is 2.70. The number of hydrogen-bond acceptors (Lipinski definition) is 4. The molecule has 5 nitrogen and oxygen atoms in total. The van der Waals surface area contributed by atoms with E-state index in [-0.39, 0.29) is 18.0 Å². The van der Waals surface area contributed by atoms with E-state index in [1.165, 1.54) is 19.1 Å². The summed E-state index contributed by atoms with van der Waals surface area (Å²) in [4.78, 5) is 11.3. The van der Waals surface area contributed by atoms with Crippen LogP contribution in [-0.2, 0) is 14.1 Å². The fourth-order valence-corrected chi connectivity index (χ4v) is 2.40. The molecule has 0 radical (unpaired) electrons. The normalized spacial score (nSPS) is 18.8. The zero-order valence-electron chi connectivity index (χ0n) is 15.1. The monoisotopic (exact) mass is 344 g/mol. The predicted octanol–water partition coefficient (Wildman–Crippen LogP) is 2.85. The van der Waals surface area contributed by atoms with Gasteiger partial charge in [-0.25, -0.2) is 4.39 Å². The van der Waals surface area contributed by atoms with Crippen LogP contribution in [0.15, 0.2) is 23.7 Å². The summed E-state index contributed by atoms with van der Waals surface area (Å²) in [5.74, 6) is -0.697. The fraction of sp³-hybridized carbons (Fsp3) is 0.444. The standard InChI is InChI=1S/C18H22BFN2O3/c1-12(23)22-11-15(19-24-17(2,3)18(4,5)25-19)7-13-6-14(10-21)9-16(20)8-13/h6-9H,11H2,1-5H3,(H,22,23). The van der Waals surface area contributed by atoms with Gasteiger partial charge in [0.05, 0.1) is 22.8 Å². The molecule has 1 aromatic carbocycles. The Morgan fingerprint density at radius 3 is 2.40 bits per heavy atom. The SMILES string of the molecule is CC(=O)NCC(=Cc1cc(F)cc(C#N)c1)B1OC(C)(C)C(C)(C)O1. The molecule has 132 valence electrons. The van der Waals surface area contributed by atoms with E-state index in [0.717, 1.165) is 0 Å². The van der Waals surface area contributed by atoms with Crippen molar-refractivity contribution in [1.29, 1.82) is 5.26 Å². The van der Waals surface area contributed by atoms with Gasteiger partial charge in [-0.2, -0.15) is 5.26 Å². The van der Waals surface area contributed by atoms with Gasteiger partial charge >= 0.3 is 7.12 Å². The van der Waals surface area contributed by atoms with Crippen LogP contribution in [0.1, 0.15) is 45.7 Å². The van der Waals surface area contributed by atoms with Gasteiger partial charge in [-0.1, -0.05) is 6.08 Å². The van der Waals surface area contributed by atoms with Gasteiger partial charge in [0.2, 0.25) is 5.91 Å². The summed E-state index contributed by atoms with van der Waals surface area (Å²) in [7, 11) is -0.675. The summed E-state index contributed by atoms with van der Waals surface area (Å²) in [6.07, 6.45) is 1.68. The first-order chi connectivity index (χ1) is 11.5. The molecule has 0 spiro atoms. The molecule has 2 rings (SSSR count). The lowest BCUT2D eigenvalue weighted by atomic mass is 9.77. The highest BCUT2D eigenvalue weighted by molar-refractivity contribution is 6.56. The van der Waals surface area contributed by atoms with E-state index in [1.54, 1.807) is 12.1 Å². The van der Waals surface area contributed by atoms with Crippen molar-refractivity contribution in [2.24, 2.45) is 0 Å². The van der Waals surface area contributed by atoms with Gasteiger partial charge in [-0.3, -0.25) is 4.79 Å². The Labute approximate surface area is 148 Å². The first-order valence-electron chi connectivity index (χ1n) is 8.05. The molecule has 1 aliphatic heterocycles. The highest BCUT2D eigenvalue weighted by Gasteiger charge is 2.52. The third-order valence-electron chi connectivity index (χ3n) is 4.50. The molecule has 1 N–H and O–H groups in total. The van der Waals surface area contributed by atoms with E-state index in [0.29, 0.717) is 11.0 Å². The highest BCUT2D eigenvalue weighted by Crippen LogP contribution is 2.38. The van der Waals surface area contributed by atoms with Crippen LogP contribution >= 0.6 is 0 Å². The number of hydrogen-bond donors (Lipinski definition) is 1. The molecule has 25 heavy (non-hydrogen) atoms. The van der Waals surface area contributed by atoms with Crippen LogP contribution < -0.4 is 5.32 Å². The zero-order chi connectivity index (χ0) is 18.8. The van der Waals surface area contributed by atoms with Gasteiger partial charge in [0.1, 0.15) is 5.82 Å². The van der Waals surface area contributed by atoms with Crippen molar-refractivity contribution < 1.29 is 18.5 Å². The summed E-state index contributed by atoms with van der Waals surface area (Å²) in [6.45, 7) is 9.33. The molecule has 0 unspecified atom stereocenters. The second-order valence-corrected chi connectivity index (χ2v) is 7.10. The second kappa shape index (κ2) is 6.99. The molecule has 0 atom stereocenters. The van der Waals surface area contributed by atoms with Gasteiger partial charge in [0.15, 0.2) is 0 Å². The van der Waals surface area contributed by atoms with E-state index in [1.807, 2.05) is 33.8 Å². The van der Waals surface area contributed by atoms with E-state index in [2.05, 4.69) is 5.32 Å². The molecule has 1 fully saturated rings. The van der Waals surface area contributed by atoms with Crippen molar-refractivity contribution in [2.75, 3.05) is 6.54 Å². The molecule has 0 aliphatic carbocycles. The molecule has 0 aromatic heterocycles. The van der Waals surface area contributed by atoms with E-state index < -0.39 is 24.1 Å². The van der Waals surface area contributed by atoms with Crippen LogP contribution in [0.2, 0.25) is 0 Å². The fourth-order valence-electron chi connectivity index (χ4n) is 2.40. The third kappa shape index (κ3) is 4.47. The van der Waals surface area contributed by atoms with Crippen molar-refractivity contribution in [2.45, 2.75) is 45.8 Å². The molecular formula is C18H22BFN2O3. The number of halogens is 1. The van der Waals surface area contributed by atoms with Gasteiger partial charge in [-0.15, -0.1) is 0 Å². The molecule has 0 saturated carbocycles. The van der Waals surface area contributed by atoms with Crippen LogP contribution in [0, 0.1) is 17.1 Å². The minimum absolute atomic E-state index is 0.195. The number of nitriles is 1. The average molecular weight is 344 g/mol. The van der Waals surface area contributed by atoms with Crippen molar-refractivity contribution in [3.05, 3.63) is 40.6 Å². The molecule has 7 heteroatoms. The lowest BCUT2D eigenvalue weighted by Crippen LogP contribution is -2.41. The highest BCUT2D eigenvalue weighted by atomic mass is 19.1. The van der Waals surface area contributed by atoms with Crippen LogP contribution in [-0.4, -0.2) is 30.8 Å². The van der Waals surface area contributed by atoms with Gasteiger partial charge < -0.3 is 14.6 Å². The summed E-state index contributed by atoms with van der Waals surface area (Å²) < 4.78 is 25.7. The summed E-state index contributed by atoms with van der Waals surface area (Å²) in [5, 5.41) is 11.7. The predicted molar refractivity (Wildman–Crippen MR) is 93.9 cm³/mol. The number of benzene rings is 1. The Morgan fingerprint density at radius 1 is 1.28 bits per heavy atom. The van der Waals surface area contributed by atoms with Gasteiger partial charge in [0, 0.05) is 13.5 Å². The summed E-state index contributed by atoms with van der Waals surface area (Å²) in [5.41, 5.74) is 0.299. The maximum atomic E-state index is 13.7. The molecular weight excluding hydrogens is 322 g/mol. The van der Waals surface area contributed by atoms with Crippen LogP contribution in [0.5, 0.6) is 0 Å². The van der Waals surface area contributed by atoms with Crippen molar-refractivity contribution in [3.63, 3.8) is 0 Å². The van der Waals surface area contributed by atoms with E-state index in [4.69, 9.17) is 14.6 Å². The number of carbonyl (C=O) groups excluding carboxylic acids is 1. The van der Waals surface area contributed by atoms with Crippen LogP contribution in [0.4, 0.5) is 4.39 Å². The maximum absolute atomic E-state index is 13.7. The Hall–Kier alpha value is -2.17. The summed E-state index contributed by atoms with van der Waals surface area (Å²) in [6, 6.07) is 5.98. The Morgan fingerprint density at radius 2 is 1.88 bits per heavy atom. The first-order valence-corrected chi connectivity index (χ1v) is 8.05. The number of amides is 1. The minimum Gasteiger partial charge on any atom is -0.400 e. The minimum atomic E-state index is -0.675. The quantitative estimate of drug-likeness (QED) is 0.853. The van der Waals surface area contributed by atoms with Gasteiger partial charge in [-0.05, 0) is 56.9 Å².